The van der Waals surface area contributed by atoms with Crippen LogP contribution in [0.3, 0.4) is 0 Å². The summed E-state index contributed by atoms with van der Waals surface area (Å²) in [6, 6.07) is 5.89. The fourth-order valence-electron chi connectivity index (χ4n) is 2.71. The molecule has 0 atom stereocenters. The Morgan fingerprint density at radius 3 is 2.64 bits per heavy atom. The van der Waals surface area contributed by atoms with E-state index >= 15 is 0 Å². The first-order chi connectivity index (χ1) is 10.8. The number of aliphatic imine (C=N–C) groups is 1. The topological polar surface area (TPSA) is 46.1 Å². The Bertz CT molecular complexity index is 497. The molecule has 0 aromatic heterocycles. The molecule has 0 bridgehead atoms. The number of hydrogen-bond donors (Lipinski definition) is 1. The third-order valence-corrected chi connectivity index (χ3v) is 3.87. The van der Waals surface area contributed by atoms with Crippen molar-refractivity contribution in [2.45, 2.75) is 26.2 Å². The standard InChI is InChI=1S/C17H27N3O2/c1-4-18-17(20-11-5-6-12-20)19-10-9-14-13-15(21-2)7-8-16(14)22-3/h7-8,13H,4-6,9-12H2,1-3H3,(H,18,19). The third kappa shape index (κ3) is 4.29. The van der Waals surface area contributed by atoms with Crippen LogP contribution in [0.4, 0.5) is 0 Å². The number of hydrogen-bond acceptors (Lipinski definition) is 3. The Balaban J connectivity index is 2.02. The van der Waals surface area contributed by atoms with E-state index in [1.54, 1.807) is 14.2 Å². The smallest absolute Gasteiger partial charge is 0.193 e. The van der Waals surface area contributed by atoms with Gasteiger partial charge in [0.2, 0.25) is 0 Å². The fourth-order valence-corrected chi connectivity index (χ4v) is 2.71. The summed E-state index contributed by atoms with van der Waals surface area (Å²) < 4.78 is 10.7. The molecule has 5 nitrogen and oxygen atoms in total. The van der Waals surface area contributed by atoms with E-state index in [1.165, 1.54) is 12.8 Å². The number of nitrogens with one attached hydrogen (secondary N) is 1. The lowest BCUT2D eigenvalue weighted by molar-refractivity contribution is 0.399. The SMILES string of the molecule is CCNC(=NCCc1cc(OC)ccc1OC)N1CCCC1. The lowest BCUT2D eigenvalue weighted by atomic mass is 10.1. The molecule has 1 aromatic carbocycles. The molecule has 2 rings (SSSR count). The predicted octanol–water partition coefficient (Wildman–Crippen LogP) is 2.31. The average Bonchev–Trinajstić information content (AvgIpc) is 3.08. The van der Waals surface area contributed by atoms with E-state index in [9.17, 15) is 0 Å². The van der Waals surface area contributed by atoms with E-state index in [4.69, 9.17) is 14.5 Å². The summed E-state index contributed by atoms with van der Waals surface area (Å²) in [4.78, 5) is 7.10. The maximum atomic E-state index is 5.42. The molecule has 1 aliphatic rings. The highest BCUT2D eigenvalue weighted by atomic mass is 16.5. The Labute approximate surface area is 133 Å². The van der Waals surface area contributed by atoms with Gasteiger partial charge in [0.1, 0.15) is 11.5 Å². The van der Waals surface area contributed by atoms with Gasteiger partial charge in [-0.05, 0) is 49.9 Å². The highest BCUT2D eigenvalue weighted by Gasteiger charge is 2.15. The van der Waals surface area contributed by atoms with Crippen LogP contribution >= 0.6 is 0 Å². The quantitative estimate of drug-likeness (QED) is 0.647. The van der Waals surface area contributed by atoms with Gasteiger partial charge < -0.3 is 19.7 Å². The van der Waals surface area contributed by atoms with Crippen molar-refractivity contribution in [2.24, 2.45) is 4.99 Å². The molecule has 1 heterocycles. The zero-order valence-electron chi connectivity index (χ0n) is 13.9. The summed E-state index contributed by atoms with van der Waals surface area (Å²) in [7, 11) is 3.38. The normalized spacial score (nSPS) is 15.0. The number of benzene rings is 1. The van der Waals surface area contributed by atoms with Gasteiger partial charge in [0.25, 0.3) is 0 Å². The highest BCUT2D eigenvalue weighted by molar-refractivity contribution is 5.80. The van der Waals surface area contributed by atoms with Crippen LogP contribution in [0.25, 0.3) is 0 Å². The molecule has 1 saturated heterocycles. The number of guanidine groups is 1. The summed E-state index contributed by atoms with van der Waals surface area (Å²) in [6.45, 7) is 5.96. The van der Waals surface area contributed by atoms with E-state index in [0.29, 0.717) is 0 Å². The van der Waals surface area contributed by atoms with Gasteiger partial charge in [0.15, 0.2) is 5.96 Å². The largest absolute Gasteiger partial charge is 0.497 e. The van der Waals surface area contributed by atoms with Gasteiger partial charge in [-0.3, -0.25) is 4.99 Å². The van der Waals surface area contributed by atoms with E-state index in [2.05, 4.69) is 17.1 Å². The Hall–Kier alpha value is -1.91. The minimum atomic E-state index is 0.738. The van der Waals surface area contributed by atoms with E-state index < -0.39 is 0 Å². The van der Waals surface area contributed by atoms with Crippen molar-refractivity contribution >= 4 is 5.96 Å². The molecule has 5 heteroatoms. The van der Waals surface area contributed by atoms with Gasteiger partial charge in [-0.25, -0.2) is 0 Å². The Morgan fingerprint density at radius 2 is 2.00 bits per heavy atom. The number of rotatable bonds is 6. The third-order valence-electron chi connectivity index (χ3n) is 3.87. The molecule has 1 N–H and O–H groups in total. The minimum Gasteiger partial charge on any atom is -0.497 e. The summed E-state index contributed by atoms with van der Waals surface area (Å²) in [6.07, 6.45) is 3.35. The van der Waals surface area contributed by atoms with Crippen LogP contribution in [0.2, 0.25) is 0 Å². The molecule has 22 heavy (non-hydrogen) atoms. The van der Waals surface area contributed by atoms with Crippen molar-refractivity contribution < 1.29 is 9.47 Å². The first-order valence-electron chi connectivity index (χ1n) is 8.02. The molecule has 122 valence electrons. The summed E-state index contributed by atoms with van der Waals surface area (Å²) in [5, 5.41) is 3.38. The van der Waals surface area contributed by atoms with Crippen molar-refractivity contribution in [2.75, 3.05) is 40.4 Å². The molecular weight excluding hydrogens is 278 g/mol. The number of methoxy groups -OCH3 is 2. The summed E-state index contributed by atoms with van der Waals surface area (Å²) >= 11 is 0. The lowest BCUT2D eigenvalue weighted by Crippen LogP contribution is -2.39. The minimum absolute atomic E-state index is 0.738. The number of likely N-dealkylation sites (tertiary alicyclic amines) is 1. The predicted molar refractivity (Wildman–Crippen MR) is 90.0 cm³/mol. The Kier molecular flexibility index (Phi) is 6.37. The van der Waals surface area contributed by atoms with Gasteiger partial charge in [-0.15, -0.1) is 0 Å². The summed E-state index contributed by atoms with van der Waals surface area (Å²) in [5.74, 6) is 2.77. The first kappa shape index (κ1) is 16.5. The van der Waals surface area contributed by atoms with Gasteiger partial charge in [-0.2, -0.15) is 0 Å². The molecule has 0 aliphatic carbocycles. The molecule has 1 aromatic rings. The van der Waals surface area contributed by atoms with E-state index in [1.807, 2.05) is 18.2 Å². The fraction of sp³-hybridized carbons (Fsp3) is 0.588. The van der Waals surface area contributed by atoms with Crippen LogP contribution in [0.1, 0.15) is 25.3 Å². The van der Waals surface area contributed by atoms with E-state index in [-0.39, 0.29) is 0 Å². The van der Waals surface area contributed by atoms with Crippen molar-refractivity contribution in [1.29, 1.82) is 0 Å². The first-order valence-corrected chi connectivity index (χ1v) is 8.02. The molecule has 0 amide bonds. The van der Waals surface area contributed by atoms with Crippen LogP contribution in [-0.2, 0) is 6.42 Å². The van der Waals surface area contributed by atoms with Gasteiger partial charge >= 0.3 is 0 Å². The highest BCUT2D eigenvalue weighted by Crippen LogP contribution is 2.24. The van der Waals surface area contributed by atoms with Gasteiger partial charge in [-0.1, -0.05) is 0 Å². The second-order valence-electron chi connectivity index (χ2n) is 5.36. The van der Waals surface area contributed by atoms with Crippen LogP contribution in [-0.4, -0.2) is 51.3 Å². The molecular formula is C17H27N3O2. The second kappa shape index (κ2) is 8.51. The second-order valence-corrected chi connectivity index (χ2v) is 5.36. The van der Waals surface area contributed by atoms with Crippen molar-refractivity contribution in [3.8, 4) is 11.5 Å². The summed E-state index contributed by atoms with van der Waals surface area (Å²) in [5.41, 5.74) is 1.13. The van der Waals surface area contributed by atoms with Crippen LogP contribution in [0.5, 0.6) is 11.5 Å². The van der Waals surface area contributed by atoms with Gasteiger partial charge in [0.05, 0.1) is 14.2 Å². The van der Waals surface area contributed by atoms with Crippen molar-refractivity contribution in [1.82, 2.24) is 10.2 Å². The number of nitrogens with zero attached hydrogens (tertiary/aromatic N) is 2. The van der Waals surface area contributed by atoms with Gasteiger partial charge in [0, 0.05) is 26.2 Å². The maximum Gasteiger partial charge on any atom is 0.193 e. The van der Waals surface area contributed by atoms with E-state index in [0.717, 1.165) is 55.6 Å². The van der Waals surface area contributed by atoms with Crippen molar-refractivity contribution in [3.05, 3.63) is 23.8 Å². The average molecular weight is 305 g/mol. The van der Waals surface area contributed by atoms with Crippen LogP contribution < -0.4 is 14.8 Å². The van der Waals surface area contributed by atoms with Crippen molar-refractivity contribution in [3.63, 3.8) is 0 Å². The maximum absolute atomic E-state index is 5.42. The molecule has 0 spiro atoms. The molecule has 1 aliphatic heterocycles. The van der Waals surface area contributed by atoms with Crippen LogP contribution in [0, 0.1) is 0 Å². The monoisotopic (exact) mass is 305 g/mol. The molecule has 0 saturated carbocycles. The lowest BCUT2D eigenvalue weighted by Gasteiger charge is -2.20. The zero-order chi connectivity index (χ0) is 15.8. The zero-order valence-corrected chi connectivity index (χ0v) is 13.9. The number of ether oxygens (including phenoxy) is 2. The molecule has 0 radical (unpaired) electrons. The Morgan fingerprint density at radius 1 is 1.23 bits per heavy atom. The van der Waals surface area contributed by atoms with Crippen LogP contribution in [0.15, 0.2) is 23.2 Å². The molecule has 0 unspecified atom stereocenters. The molecule has 1 fully saturated rings.